The Morgan fingerprint density at radius 2 is 1.74 bits per heavy atom. The normalized spacial score (nSPS) is 19.2. The van der Waals surface area contributed by atoms with E-state index in [-0.39, 0.29) is 0 Å². The van der Waals surface area contributed by atoms with Crippen LogP contribution in [0.4, 0.5) is 23.1 Å². The van der Waals surface area contributed by atoms with E-state index < -0.39 is 0 Å². The van der Waals surface area contributed by atoms with Crippen LogP contribution in [-0.2, 0) is 6.42 Å². The summed E-state index contributed by atoms with van der Waals surface area (Å²) in [6.45, 7) is 7.62. The second-order valence-corrected chi connectivity index (χ2v) is 11.3. The summed E-state index contributed by atoms with van der Waals surface area (Å²) in [5, 5.41) is 7.21. The van der Waals surface area contributed by atoms with Crippen molar-refractivity contribution in [2.45, 2.75) is 51.0 Å². The van der Waals surface area contributed by atoms with E-state index in [1.807, 2.05) is 18.2 Å². The van der Waals surface area contributed by atoms with E-state index in [4.69, 9.17) is 16.3 Å². The SMILES string of the molecule is Cc1ccccc1Nc1nc(Nc2ccc(C3CCN(C4CCN(C)CC4)CC3)c3c2OCC3)ncc1Cl. The molecule has 8 heteroatoms. The summed E-state index contributed by atoms with van der Waals surface area (Å²) in [5.74, 6) is 2.61. The molecule has 3 aliphatic heterocycles. The van der Waals surface area contributed by atoms with Gasteiger partial charge in [0.25, 0.3) is 0 Å². The average molecular weight is 533 g/mol. The van der Waals surface area contributed by atoms with E-state index >= 15 is 0 Å². The number of anilines is 4. The maximum atomic E-state index is 6.42. The summed E-state index contributed by atoms with van der Waals surface area (Å²) >= 11 is 6.42. The van der Waals surface area contributed by atoms with Crippen molar-refractivity contribution in [3.8, 4) is 5.75 Å². The molecule has 200 valence electrons. The van der Waals surface area contributed by atoms with Crippen molar-refractivity contribution in [2.24, 2.45) is 0 Å². The van der Waals surface area contributed by atoms with E-state index in [9.17, 15) is 0 Å². The topological polar surface area (TPSA) is 65.6 Å². The highest BCUT2D eigenvalue weighted by atomic mass is 35.5. The number of nitrogens with one attached hydrogen (secondary N) is 2. The molecule has 2 fully saturated rings. The zero-order chi connectivity index (χ0) is 26.1. The van der Waals surface area contributed by atoms with Gasteiger partial charge in [0.2, 0.25) is 5.95 Å². The monoisotopic (exact) mass is 532 g/mol. The van der Waals surface area contributed by atoms with Crippen LogP contribution in [0.1, 0.15) is 48.3 Å². The summed E-state index contributed by atoms with van der Waals surface area (Å²) < 4.78 is 6.15. The van der Waals surface area contributed by atoms with E-state index in [2.05, 4.69) is 62.6 Å². The van der Waals surface area contributed by atoms with Gasteiger partial charge in [-0.15, -0.1) is 0 Å². The first-order valence-corrected chi connectivity index (χ1v) is 14.3. The highest BCUT2D eigenvalue weighted by molar-refractivity contribution is 6.32. The van der Waals surface area contributed by atoms with Gasteiger partial charge in [-0.1, -0.05) is 35.9 Å². The molecule has 2 aromatic carbocycles. The summed E-state index contributed by atoms with van der Waals surface area (Å²) in [7, 11) is 2.24. The van der Waals surface area contributed by atoms with Gasteiger partial charge >= 0.3 is 0 Å². The number of aryl methyl sites for hydroxylation is 1. The van der Waals surface area contributed by atoms with Gasteiger partial charge in [0, 0.05) is 23.7 Å². The molecule has 0 atom stereocenters. The Bertz CT molecular complexity index is 1280. The first-order valence-electron chi connectivity index (χ1n) is 13.9. The molecule has 6 rings (SSSR count). The number of rotatable bonds is 6. The van der Waals surface area contributed by atoms with Crippen LogP contribution in [-0.4, -0.2) is 65.6 Å². The van der Waals surface area contributed by atoms with Crippen LogP contribution < -0.4 is 15.4 Å². The Morgan fingerprint density at radius 1 is 0.947 bits per heavy atom. The number of aromatic nitrogens is 2. The first-order chi connectivity index (χ1) is 18.5. The molecule has 0 spiro atoms. The fourth-order valence-electron chi connectivity index (χ4n) is 6.21. The number of benzene rings is 2. The van der Waals surface area contributed by atoms with Crippen LogP contribution in [0.3, 0.4) is 0 Å². The summed E-state index contributed by atoms with van der Waals surface area (Å²) in [6, 6.07) is 13.3. The number of hydrogen-bond donors (Lipinski definition) is 2. The maximum Gasteiger partial charge on any atom is 0.229 e. The van der Waals surface area contributed by atoms with Crippen LogP contribution >= 0.6 is 11.6 Å². The third-order valence-electron chi connectivity index (χ3n) is 8.46. The standard InChI is InChI=1S/C30H37ClN6O/c1-20-5-3-4-6-26(20)33-29-25(31)19-32-30(35-29)34-27-8-7-23(24-13-18-38-28(24)27)21-9-16-37(17-10-21)22-11-14-36(2)15-12-22/h3-8,19,21-22H,9-18H2,1-2H3,(H2,32,33,34,35). The molecule has 0 unspecified atom stereocenters. The average Bonchev–Trinajstić information content (AvgIpc) is 3.43. The first kappa shape index (κ1) is 25.4. The van der Waals surface area contributed by atoms with E-state index in [0.717, 1.165) is 41.8 Å². The fourth-order valence-corrected chi connectivity index (χ4v) is 6.35. The zero-order valence-electron chi connectivity index (χ0n) is 22.3. The van der Waals surface area contributed by atoms with Gasteiger partial charge in [-0.2, -0.15) is 4.98 Å². The molecule has 0 saturated carbocycles. The number of likely N-dealkylation sites (tertiary alicyclic amines) is 2. The molecule has 3 aliphatic rings. The van der Waals surface area contributed by atoms with E-state index in [1.165, 1.54) is 63.0 Å². The molecule has 0 aliphatic carbocycles. The second-order valence-electron chi connectivity index (χ2n) is 10.9. The van der Waals surface area contributed by atoms with Crippen molar-refractivity contribution in [1.29, 1.82) is 0 Å². The molecular weight excluding hydrogens is 496 g/mol. The third-order valence-corrected chi connectivity index (χ3v) is 8.73. The van der Waals surface area contributed by atoms with Crippen LogP contribution in [0.5, 0.6) is 5.75 Å². The van der Waals surface area contributed by atoms with Crippen molar-refractivity contribution < 1.29 is 4.74 Å². The van der Waals surface area contributed by atoms with Crippen molar-refractivity contribution in [2.75, 3.05) is 50.5 Å². The molecule has 2 saturated heterocycles. The predicted octanol–water partition coefficient (Wildman–Crippen LogP) is 6.13. The van der Waals surface area contributed by atoms with Gasteiger partial charge in [-0.05, 0) is 95.0 Å². The minimum absolute atomic E-state index is 0.474. The number of nitrogens with zero attached hydrogens (tertiary/aromatic N) is 4. The van der Waals surface area contributed by atoms with E-state index in [0.29, 0.717) is 22.7 Å². The van der Waals surface area contributed by atoms with Gasteiger partial charge in [-0.3, -0.25) is 0 Å². The lowest BCUT2D eigenvalue weighted by Crippen LogP contribution is -2.46. The van der Waals surface area contributed by atoms with Crippen molar-refractivity contribution in [1.82, 2.24) is 19.8 Å². The van der Waals surface area contributed by atoms with Gasteiger partial charge in [0.05, 0.1) is 18.5 Å². The maximum absolute atomic E-state index is 6.42. The minimum atomic E-state index is 0.474. The Labute approximate surface area is 230 Å². The van der Waals surface area contributed by atoms with Crippen LogP contribution in [0.15, 0.2) is 42.6 Å². The Balaban J connectivity index is 1.16. The van der Waals surface area contributed by atoms with Gasteiger partial charge < -0.3 is 25.2 Å². The number of hydrogen-bond acceptors (Lipinski definition) is 7. The summed E-state index contributed by atoms with van der Waals surface area (Å²) in [6.07, 6.45) is 7.64. The lowest BCUT2D eigenvalue weighted by Gasteiger charge is -2.41. The summed E-state index contributed by atoms with van der Waals surface area (Å²) in [4.78, 5) is 14.3. The van der Waals surface area contributed by atoms with Gasteiger partial charge in [0.15, 0.2) is 5.82 Å². The van der Waals surface area contributed by atoms with Gasteiger partial charge in [0.1, 0.15) is 10.8 Å². The molecule has 0 amide bonds. The fraction of sp³-hybridized carbons (Fsp3) is 0.467. The molecule has 38 heavy (non-hydrogen) atoms. The molecule has 3 aromatic rings. The second kappa shape index (κ2) is 11.1. The quantitative estimate of drug-likeness (QED) is 0.395. The molecule has 4 heterocycles. The highest BCUT2D eigenvalue weighted by Crippen LogP contribution is 2.43. The van der Waals surface area contributed by atoms with Crippen molar-refractivity contribution >= 4 is 34.7 Å². The van der Waals surface area contributed by atoms with Crippen molar-refractivity contribution in [3.63, 3.8) is 0 Å². The van der Waals surface area contributed by atoms with Crippen molar-refractivity contribution in [3.05, 3.63) is 64.3 Å². The molecule has 7 nitrogen and oxygen atoms in total. The number of ether oxygens (including phenoxy) is 1. The lowest BCUT2D eigenvalue weighted by molar-refractivity contribution is 0.0965. The summed E-state index contributed by atoms with van der Waals surface area (Å²) in [5.41, 5.74) is 5.81. The number of para-hydroxylation sites is 1. The number of fused-ring (bicyclic) bond motifs is 1. The van der Waals surface area contributed by atoms with Gasteiger partial charge in [-0.25, -0.2) is 4.98 Å². The number of halogens is 1. The Kier molecular flexibility index (Phi) is 7.41. The molecule has 0 bridgehead atoms. The van der Waals surface area contributed by atoms with Crippen LogP contribution in [0.25, 0.3) is 0 Å². The van der Waals surface area contributed by atoms with Crippen LogP contribution in [0.2, 0.25) is 5.02 Å². The highest BCUT2D eigenvalue weighted by Gasteiger charge is 2.31. The zero-order valence-corrected chi connectivity index (χ0v) is 23.1. The molecule has 1 aromatic heterocycles. The molecule has 0 radical (unpaired) electrons. The minimum Gasteiger partial charge on any atom is -0.491 e. The predicted molar refractivity (Wildman–Crippen MR) is 154 cm³/mol. The third kappa shape index (κ3) is 5.33. The van der Waals surface area contributed by atoms with E-state index in [1.54, 1.807) is 6.20 Å². The lowest BCUT2D eigenvalue weighted by atomic mass is 9.84. The van der Waals surface area contributed by atoms with Crippen LogP contribution in [0, 0.1) is 6.92 Å². The number of piperidine rings is 2. The Hall–Kier alpha value is -2.87. The Morgan fingerprint density at radius 3 is 2.53 bits per heavy atom. The largest absolute Gasteiger partial charge is 0.491 e. The molecule has 2 N–H and O–H groups in total. The smallest absolute Gasteiger partial charge is 0.229 e. The molecular formula is C30H37ClN6O.